The molecule has 0 bridgehead atoms. The SMILES string of the molecule is O=C(O)c1ccc(-c2c(Cl)cc(Cl)c(Cl)c2Cl)s1. The van der Waals surface area contributed by atoms with E-state index in [1.807, 2.05) is 0 Å². The lowest BCUT2D eigenvalue weighted by Gasteiger charge is -2.08. The van der Waals surface area contributed by atoms with Crippen LogP contribution in [0.1, 0.15) is 9.67 Å². The molecule has 1 aromatic carbocycles. The van der Waals surface area contributed by atoms with E-state index in [0.29, 0.717) is 15.5 Å². The average molecular weight is 342 g/mol. The van der Waals surface area contributed by atoms with E-state index in [1.165, 1.54) is 12.1 Å². The van der Waals surface area contributed by atoms with Gasteiger partial charge in [0.1, 0.15) is 4.88 Å². The molecule has 0 aliphatic heterocycles. The van der Waals surface area contributed by atoms with Gasteiger partial charge in [0.15, 0.2) is 0 Å². The first kappa shape index (κ1) is 14.0. The van der Waals surface area contributed by atoms with Crippen LogP contribution < -0.4 is 0 Å². The highest BCUT2D eigenvalue weighted by molar-refractivity contribution is 7.17. The van der Waals surface area contributed by atoms with Crippen LogP contribution in [0.4, 0.5) is 0 Å². The fourth-order valence-electron chi connectivity index (χ4n) is 1.38. The fraction of sp³-hybridized carbons (Fsp3) is 0. The molecule has 1 N–H and O–H groups in total. The molecule has 2 rings (SSSR count). The Hall–Kier alpha value is -0.450. The summed E-state index contributed by atoms with van der Waals surface area (Å²) < 4.78 is 0. The summed E-state index contributed by atoms with van der Waals surface area (Å²) in [6.07, 6.45) is 0. The number of carboxylic acids is 1. The monoisotopic (exact) mass is 340 g/mol. The smallest absolute Gasteiger partial charge is 0.345 e. The lowest BCUT2D eigenvalue weighted by Crippen LogP contribution is -1.89. The molecule has 0 fully saturated rings. The van der Waals surface area contributed by atoms with Gasteiger partial charge in [0, 0.05) is 10.4 Å². The van der Waals surface area contributed by atoms with Crippen LogP contribution in [0.3, 0.4) is 0 Å². The van der Waals surface area contributed by atoms with Crippen molar-refractivity contribution in [3.05, 3.63) is 43.2 Å². The second kappa shape index (κ2) is 5.27. The molecule has 1 aromatic heterocycles. The summed E-state index contributed by atoms with van der Waals surface area (Å²) in [5, 5.41) is 9.87. The molecule has 7 heteroatoms. The lowest BCUT2D eigenvalue weighted by molar-refractivity contribution is 0.0702. The minimum absolute atomic E-state index is 0.197. The Labute approximate surface area is 127 Å². The number of halogens is 4. The number of carbonyl (C=O) groups is 1. The van der Waals surface area contributed by atoms with Crippen LogP contribution >= 0.6 is 57.7 Å². The molecule has 94 valence electrons. The largest absolute Gasteiger partial charge is 0.477 e. The zero-order valence-electron chi connectivity index (χ0n) is 8.51. The second-order valence-corrected chi connectivity index (χ2v) is 5.97. The van der Waals surface area contributed by atoms with Crippen LogP contribution in [0.2, 0.25) is 20.1 Å². The number of hydrogen-bond donors (Lipinski definition) is 1. The van der Waals surface area contributed by atoms with Crippen molar-refractivity contribution < 1.29 is 9.90 Å². The predicted octanol–water partition coefficient (Wildman–Crippen LogP) is 5.73. The van der Waals surface area contributed by atoms with E-state index in [2.05, 4.69) is 0 Å². The van der Waals surface area contributed by atoms with Crippen molar-refractivity contribution in [1.82, 2.24) is 0 Å². The Morgan fingerprint density at radius 3 is 2.28 bits per heavy atom. The van der Waals surface area contributed by atoms with Crippen molar-refractivity contribution >= 4 is 63.7 Å². The van der Waals surface area contributed by atoms with Gasteiger partial charge in [-0.1, -0.05) is 46.4 Å². The zero-order chi connectivity index (χ0) is 13.4. The minimum atomic E-state index is -1.00. The third-order valence-corrected chi connectivity index (χ3v) is 4.83. The van der Waals surface area contributed by atoms with Gasteiger partial charge in [-0.2, -0.15) is 0 Å². The van der Waals surface area contributed by atoms with E-state index >= 15 is 0 Å². The molecule has 0 saturated carbocycles. The number of aromatic carboxylic acids is 1. The van der Waals surface area contributed by atoms with Gasteiger partial charge < -0.3 is 5.11 Å². The Morgan fingerprint density at radius 2 is 1.72 bits per heavy atom. The quantitative estimate of drug-likeness (QED) is 0.559. The van der Waals surface area contributed by atoms with Gasteiger partial charge in [-0.25, -0.2) is 4.79 Å². The number of carboxylic acid groups (broad SMARTS) is 1. The van der Waals surface area contributed by atoms with Crippen molar-refractivity contribution in [3.8, 4) is 10.4 Å². The van der Waals surface area contributed by atoms with Crippen molar-refractivity contribution in [2.75, 3.05) is 0 Å². The third-order valence-electron chi connectivity index (χ3n) is 2.18. The van der Waals surface area contributed by atoms with Crippen LogP contribution in [0.15, 0.2) is 18.2 Å². The van der Waals surface area contributed by atoms with Gasteiger partial charge in [-0.15, -0.1) is 11.3 Å². The maximum absolute atomic E-state index is 10.8. The molecule has 0 aliphatic rings. The molecule has 0 atom stereocenters. The molecule has 0 unspecified atom stereocenters. The first-order valence-electron chi connectivity index (χ1n) is 4.58. The molecule has 1 heterocycles. The Morgan fingerprint density at radius 1 is 1.06 bits per heavy atom. The molecule has 0 saturated heterocycles. The number of rotatable bonds is 2. The van der Waals surface area contributed by atoms with Gasteiger partial charge >= 0.3 is 5.97 Å². The lowest BCUT2D eigenvalue weighted by atomic mass is 10.2. The van der Waals surface area contributed by atoms with Gasteiger partial charge in [0.2, 0.25) is 0 Å². The van der Waals surface area contributed by atoms with Crippen molar-refractivity contribution in [3.63, 3.8) is 0 Å². The number of thiophene rings is 1. The van der Waals surface area contributed by atoms with Gasteiger partial charge in [-0.05, 0) is 18.2 Å². The second-order valence-electron chi connectivity index (χ2n) is 3.31. The highest BCUT2D eigenvalue weighted by atomic mass is 35.5. The molecule has 2 aromatic rings. The van der Waals surface area contributed by atoms with Crippen LogP contribution in [0.5, 0.6) is 0 Å². The van der Waals surface area contributed by atoms with E-state index < -0.39 is 5.97 Å². The van der Waals surface area contributed by atoms with Crippen LogP contribution in [-0.4, -0.2) is 11.1 Å². The molecule has 0 amide bonds. The van der Waals surface area contributed by atoms with Gasteiger partial charge in [-0.3, -0.25) is 0 Å². The van der Waals surface area contributed by atoms with E-state index in [9.17, 15) is 4.79 Å². The molecule has 0 aliphatic carbocycles. The van der Waals surface area contributed by atoms with Gasteiger partial charge in [0.25, 0.3) is 0 Å². The Balaban J connectivity index is 2.63. The number of benzene rings is 1. The average Bonchev–Trinajstić information content (AvgIpc) is 2.75. The summed E-state index contributed by atoms with van der Waals surface area (Å²) >= 11 is 25.0. The van der Waals surface area contributed by atoms with E-state index in [1.54, 1.807) is 6.07 Å². The summed E-state index contributed by atoms with van der Waals surface area (Å²) in [5.74, 6) is -1.00. The third kappa shape index (κ3) is 2.46. The van der Waals surface area contributed by atoms with E-state index in [0.717, 1.165) is 11.3 Å². The Bertz CT molecular complexity index is 636. The first-order chi connectivity index (χ1) is 8.41. The number of hydrogen-bond acceptors (Lipinski definition) is 2. The molecular weight excluding hydrogens is 338 g/mol. The predicted molar refractivity (Wildman–Crippen MR) is 76.8 cm³/mol. The van der Waals surface area contributed by atoms with Gasteiger partial charge in [0.05, 0.1) is 20.1 Å². The highest BCUT2D eigenvalue weighted by Gasteiger charge is 2.18. The first-order valence-corrected chi connectivity index (χ1v) is 6.91. The maximum Gasteiger partial charge on any atom is 0.345 e. The molecule has 0 radical (unpaired) electrons. The summed E-state index contributed by atoms with van der Waals surface area (Å²) in [7, 11) is 0. The summed E-state index contributed by atoms with van der Waals surface area (Å²) in [6, 6.07) is 4.59. The highest BCUT2D eigenvalue weighted by Crippen LogP contribution is 2.44. The van der Waals surface area contributed by atoms with Crippen molar-refractivity contribution in [2.45, 2.75) is 0 Å². The van der Waals surface area contributed by atoms with E-state index in [4.69, 9.17) is 51.5 Å². The van der Waals surface area contributed by atoms with E-state index in [-0.39, 0.29) is 19.9 Å². The standard InChI is InChI=1S/C11H4Cl4O2S/c12-4-3-5(13)9(14)10(15)8(4)6-1-2-7(18-6)11(16)17/h1-3H,(H,16,17). The zero-order valence-corrected chi connectivity index (χ0v) is 12.3. The fourth-order valence-corrected chi connectivity index (χ4v) is 3.52. The summed E-state index contributed by atoms with van der Waals surface area (Å²) in [5.41, 5.74) is 0.491. The molecule has 0 spiro atoms. The molecular formula is C11H4Cl4O2S. The normalized spacial score (nSPS) is 10.7. The molecule has 18 heavy (non-hydrogen) atoms. The minimum Gasteiger partial charge on any atom is -0.477 e. The summed E-state index contributed by atoms with van der Waals surface area (Å²) in [6.45, 7) is 0. The van der Waals surface area contributed by atoms with Crippen LogP contribution in [0.25, 0.3) is 10.4 Å². The van der Waals surface area contributed by atoms with Crippen LogP contribution in [-0.2, 0) is 0 Å². The topological polar surface area (TPSA) is 37.3 Å². The van der Waals surface area contributed by atoms with Crippen molar-refractivity contribution in [1.29, 1.82) is 0 Å². The maximum atomic E-state index is 10.8. The Kier molecular flexibility index (Phi) is 4.09. The van der Waals surface area contributed by atoms with Crippen molar-refractivity contribution in [2.24, 2.45) is 0 Å². The molecule has 2 nitrogen and oxygen atoms in total. The summed E-state index contributed by atoms with van der Waals surface area (Å²) in [4.78, 5) is 11.7. The van der Waals surface area contributed by atoms with Crippen LogP contribution in [0, 0.1) is 0 Å².